The highest BCUT2D eigenvalue weighted by atomic mass is 35.5. The predicted molar refractivity (Wildman–Crippen MR) is 88.6 cm³/mol. The number of ether oxygens (including phenoxy) is 3. The SMILES string of the molecule is COc1ccc(-c2nnc(COc3cccc(Cl)c3)o2)cc1OC. The highest BCUT2D eigenvalue weighted by Crippen LogP contribution is 2.31. The maximum absolute atomic E-state index is 5.91. The molecule has 3 rings (SSSR count). The van der Waals surface area contributed by atoms with Gasteiger partial charge in [0.2, 0.25) is 5.89 Å². The Morgan fingerprint density at radius 3 is 2.58 bits per heavy atom. The summed E-state index contributed by atoms with van der Waals surface area (Å²) in [5, 5.41) is 8.61. The summed E-state index contributed by atoms with van der Waals surface area (Å²) in [6, 6.07) is 12.5. The largest absolute Gasteiger partial charge is 0.493 e. The van der Waals surface area contributed by atoms with Crippen molar-refractivity contribution in [2.45, 2.75) is 6.61 Å². The van der Waals surface area contributed by atoms with Crippen molar-refractivity contribution in [1.29, 1.82) is 0 Å². The molecule has 0 unspecified atom stereocenters. The Hall–Kier alpha value is -2.73. The minimum absolute atomic E-state index is 0.153. The van der Waals surface area contributed by atoms with E-state index < -0.39 is 0 Å². The molecule has 6 nitrogen and oxygen atoms in total. The van der Waals surface area contributed by atoms with Gasteiger partial charge >= 0.3 is 0 Å². The van der Waals surface area contributed by atoms with Crippen molar-refractivity contribution in [2.75, 3.05) is 14.2 Å². The molecule has 0 fully saturated rings. The number of rotatable bonds is 6. The highest BCUT2D eigenvalue weighted by molar-refractivity contribution is 6.30. The standard InChI is InChI=1S/C17H15ClN2O4/c1-21-14-7-6-11(8-15(14)22-2)17-20-19-16(24-17)10-23-13-5-3-4-12(18)9-13/h3-9H,10H2,1-2H3. The summed E-state index contributed by atoms with van der Waals surface area (Å²) in [6.45, 7) is 0.153. The average Bonchev–Trinajstić information content (AvgIpc) is 3.08. The minimum Gasteiger partial charge on any atom is -0.493 e. The van der Waals surface area contributed by atoms with Crippen LogP contribution in [0.25, 0.3) is 11.5 Å². The molecule has 0 aliphatic heterocycles. The van der Waals surface area contributed by atoms with E-state index in [9.17, 15) is 0 Å². The van der Waals surface area contributed by atoms with Crippen LogP contribution in [0.3, 0.4) is 0 Å². The van der Waals surface area contributed by atoms with Crippen molar-refractivity contribution >= 4 is 11.6 Å². The zero-order chi connectivity index (χ0) is 16.9. The van der Waals surface area contributed by atoms with Gasteiger partial charge in [-0.15, -0.1) is 10.2 Å². The first-order valence-electron chi connectivity index (χ1n) is 7.12. The van der Waals surface area contributed by atoms with Crippen LogP contribution in [0.2, 0.25) is 5.02 Å². The molecule has 2 aromatic carbocycles. The summed E-state index contributed by atoms with van der Waals surface area (Å²) in [7, 11) is 3.15. The monoisotopic (exact) mass is 346 g/mol. The van der Waals surface area contributed by atoms with Crippen LogP contribution in [-0.4, -0.2) is 24.4 Å². The van der Waals surface area contributed by atoms with Gasteiger partial charge in [-0.05, 0) is 36.4 Å². The normalized spacial score (nSPS) is 10.5. The van der Waals surface area contributed by atoms with Crippen molar-refractivity contribution in [3.63, 3.8) is 0 Å². The smallest absolute Gasteiger partial charge is 0.254 e. The van der Waals surface area contributed by atoms with E-state index in [2.05, 4.69) is 10.2 Å². The summed E-state index contributed by atoms with van der Waals surface area (Å²) in [5.41, 5.74) is 0.731. The maximum atomic E-state index is 5.91. The molecular formula is C17H15ClN2O4. The second kappa shape index (κ2) is 7.23. The third-order valence-electron chi connectivity index (χ3n) is 3.26. The molecule has 0 spiro atoms. The van der Waals surface area contributed by atoms with Gasteiger partial charge in [-0.3, -0.25) is 0 Å². The van der Waals surface area contributed by atoms with Gasteiger partial charge in [0.15, 0.2) is 18.1 Å². The van der Waals surface area contributed by atoms with Crippen molar-refractivity contribution in [2.24, 2.45) is 0 Å². The topological polar surface area (TPSA) is 66.6 Å². The molecule has 1 aromatic heterocycles. The van der Waals surface area contributed by atoms with Crippen LogP contribution >= 0.6 is 11.6 Å². The van der Waals surface area contributed by atoms with Crippen LogP contribution in [0.1, 0.15) is 5.89 Å². The zero-order valence-corrected chi connectivity index (χ0v) is 13.9. The van der Waals surface area contributed by atoms with Gasteiger partial charge in [-0.1, -0.05) is 17.7 Å². The van der Waals surface area contributed by atoms with Gasteiger partial charge in [0, 0.05) is 10.6 Å². The molecule has 0 bridgehead atoms. The summed E-state index contributed by atoms with van der Waals surface area (Å²) in [5.74, 6) is 2.59. The van der Waals surface area contributed by atoms with Crippen LogP contribution in [0.4, 0.5) is 0 Å². The molecule has 124 valence electrons. The van der Waals surface area contributed by atoms with E-state index in [0.717, 1.165) is 5.56 Å². The Balaban J connectivity index is 1.73. The molecule has 0 amide bonds. The average molecular weight is 347 g/mol. The molecule has 0 saturated carbocycles. The van der Waals surface area contributed by atoms with E-state index in [1.165, 1.54) is 0 Å². The number of methoxy groups -OCH3 is 2. The number of hydrogen-bond acceptors (Lipinski definition) is 6. The lowest BCUT2D eigenvalue weighted by Crippen LogP contribution is -1.95. The molecule has 0 aliphatic carbocycles. The van der Waals surface area contributed by atoms with Crippen molar-refractivity contribution in [3.8, 4) is 28.7 Å². The van der Waals surface area contributed by atoms with Gasteiger partial charge in [0.1, 0.15) is 5.75 Å². The summed E-state index contributed by atoms with van der Waals surface area (Å²) >= 11 is 5.91. The lowest BCUT2D eigenvalue weighted by atomic mass is 10.2. The summed E-state index contributed by atoms with van der Waals surface area (Å²) < 4.78 is 21.7. The van der Waals surface area contributed by atoms with Crippen LogP contribution in [0.15, 0.2) is 46.9 Å². The second-order valence-corrected chi connectivity index (χ2v) is 5.25. The number of aromatic nitrogens is 2. The first kappa shape index (κ1) is 16.1. The van der Waals surface area contributed by atoms with Gasteiger partial charge in [0.05, 0.1) is 14.2 Å². The van der Waals surface area contributed by atoms with E-state index >= 15 is 0 Å². The molecule has 1 heterocycles. The van der Waals surface area contributed by atoms with Gasteiger partial charge < -0.3 is 18.6 Å². The zero-order valence-electron chi connectivity index (χ0n) is 13.2. The predicted octanol–water partition coefficient (Wildman–Crippen LogP) is 3.99. The van der Waals surface area contributed by atoms with Crippen LogP contribution < -0.4 is 14.2 Å². The van der Waals surface area contributed by atoms with E-state index in [1.807, 2.05) is 6.07 Å². The van der Waals surface area contributed by atoms with Crippen LogP contribution in [-0.2, 0) is 6.61 Å². The van der Waals surface area contributed by atoms with E-state index in [4.69, 9.17) is 30.2 Å². The van der Waals surface area contributed by atoms with Crippen molar-refractivity contribution in [1.82, 2.24) is 10.2 Å². The maximum Gasteiger partial charge on any atom is 0.254 e. The number of halogens is 1. The molecule has 7 heteroatoms. The number of nitrogens with zero attached hydrogens (tertiary/aromatic N) is 2. The Labute approximate surface area is 143 Å². The van der Waals surface area contributed by atoms with E-state index in [0.29, 0.717) is 34.1 Å². The quantitative estimate of drug-likeness (QED) is 0.672. The van der Waals surface area contributed by atoms with Crippen molar-refractivity contribution in [3.05, 3.63) is 53.4 Å². The second-order valence-electron chi connectivity index (χ2n) is 4.82. The summed E-state index contributed by atoms with van der Waals surface area (Å²) in [6.07, 6.45) is 0. The molecule has 3 aromatic rings. The Bertz CT molecular complexity index is 835. The fraction of sp³-hybridized carbons (Fsp3) is 0.176. The molecule has 0 radical (unpaired) electrons. The Kier molecular flexibility index (Phi) is 4.86. The van der Waals surface area contributed by atoms with Gasteiger partial charge in [-0.25, -0.2) is 0 Å². The number of benzene rings is 2. The van der Waals surface area contributed by atoms with Gasteiger partial charge in [-0.2, -0.15) is 0 Å². The first-order chi connectivity index (χ1) is 11.7. The first-order valence-corrected chi connectivity index (χ1v) is 7.50. The molecule has 24 heavy (non-hydrogen) atoms. The van der Waals surface area contributed by atoms with Crippen LogP contribution in [0, 0.1) is 0 Å². The highest BCUT2D eigenvalue weighted by Gasteiger charge is 2.12. The third kappa shape index (κ3) is 3.60. The lowest BCUT2D eigenvalue weighted by Gasteiger charge is -2.07. The Morgan fingerprint density at radius 2 is 1.83 bits per heavy atom. The van der Waals surface area contributed by atoms with Crippen LogP contribution in [0.5, 0.6) is 17.2 Å². The van der Waals surface area contributed by atoms with Gasteiger partial charge in [0.25, 0.3) is 5.89 Å². The van der Waals surface area contributed by atoms with Crippen molar-refractivity contribution < 1.29 is 18.6 Å². The minimum atomic E-state index is 0.153. The molecule has 0 atom stereocenters. The molecule has 0 N–H and O–H groups in total. The Morgan fingerprint density at radius 1 is 1.00 bits per heavy atom. The fourth-order valence-corrected chi connectivity index (χ4v) is 2.28. The number of hydrogen-bond donors (Lipinski definition) is 0. The van der Waals surface area contributed by atoms with E-state index in [-0.39, 0.29) is 6.61 Å². The fourth-order valence-electron chi connectivity index (χ4n) is 2.10. The third-order valence-corrected chi connectivity index (χ3v) is 3.49. The molecule has 0 aliphatic rings. The molecule has 0 saturated heterocycles. The molecular weight excluding hydrogens is 332 g/mol. The van der Waals surface area contributed by atoms with E-state index in [1.54, 1.807) is 50.6 Å². The summed E-state index contributed by atoms with van der Waals surface area (Å²) in [4.78, 5) is 0. The lowest BCUT2D eigenvalue weighted by molar-refractivity contribution is 0.264.